The molecule has 0 saturated heterocycles. The largest absolute Gasteiger partial charge is 0.495 e. The summed E-state index contributed by atoms with van der Waals surface area (Å²) in [5.74, 6) is 2.82. The molecule has 12 aromatic rings. The first-order valence-corrected chi connectivity index (χ1v) is 37.9. The van der Waals surface area contributed by atoms with E-state index in [0.29, 0.717) is 46.9 Å². The van der Waals surface area contributed by atoms with Crippen LogP contribution in [-0.2, 0) is 91.0 Å². The fraction of sp³-hybridized carbons (Fsp3) is 0.250. The van der Waals surface area contributed by atoms with Crippen molar-refractivity contribution in [1.82, 2.24) is 74.8 Å². The third kappa shape index (κ3) is 25.7. The number of nitrogens with one attached hydrogen (secondary N) is 6. The van der Waals surface area contributed by atoms with Crippen molar-refractivity contribution in [1.29, 1.82) is 0 Å². The molecule has 584 valence electrons. The summed E-state index contributed by atoms with van der Waals surface area (Å²) < 4.78 is 10.3. The average molecular weight is 1580 g/mol. The van der Waals surface area contributed by atoms with Crippen LogP contribution in [0.4, 0.5) is 29.0 Å². The lowest BCUT2D eigenvalue weighted by atomic mass is 10.00. The molecule has 0 amide bonds. The molecular weight excluding hydrogens is 1490 g/mol. The number of halogens is 3. The molecule has 0 bridgehead atoms. The predicted molar refractivity (Wildman–Crippen MR) is 443 cm³/mol. The van der Waals surface area contributed by atoms with Gasteiger partial charge in [0.05, 0.1) is 48.4 Å². The molecule has 10 heterocycles. The third-order valence-electron chi connectivity index (χ3n) is 18.9. The van der Waals surface area contributed by atoms with Crippen molar-refractivity contribution in [2.75, 3.05) is 69.5 Å². The van der Waals surface area contributed by atoms with E-state index < -0.39 is 16.9 Å². The van der Waals surface area contributed by atoms with E-state index in [0.717, 1.165) is 151 Å². The van der Waals surface area contributed by atoms with Crippen LogP contribution >= 0.6 is 34.8 Å². The number of aromatic nitrogens is 10. The number of H-pyrrole nitrogens is 4. The van der Waals surface area contributed by atoms with Gasteiger partial charge in [-0.3, -0.25) is 44.0 Å². The Kier molecular flexibility index (Phi) is 30.2. The average Bonchev–Trinajstić information content (AvgIpc) is 0.839. The molecule has 0 atom stereocenters. The normalized spacial score (nSPS) is 14.0. The number of nitrogens with two attached hydrogens (primary N) is 3. The molecule has 26 nitrogen and oxygen atoms in total. The van der Waals surface area contributed by atoms with Crippen molar-refractivity contribution < 1.29 is 14.3 Å². The second kappa shape index (κ2) is 41.5. The van der Waals surface area contributed by atoms with Gasteiger partial charge in [-0.05, 0) is 148 Å². The number of aromatic amines is 4. The van der Waals surface area contributed by atoms with Crippen LogP contribution in [0.25, 0.3) is 0 Å². The zero-order valence-electron chi connectivity index (χ0n) is 62.8. The van der Waals surface area contributed by atoms with Gasteiger partial charge in [0.25, 0.3) is 11.1 Å². The predicted octanol–water partition coefficient (Wildman–Crippen LogP) is 11.1. The van der Waals surface area contributed by atoms with Gasteiger partial charge in [0.2, 0.25) is 16.5 Å². The number of carbonyl (C=O) groups excluding carboxylic acids is 1. The quantitative estimate of drug-likeness (QED) is 0.0224. The van der Waals surface area contributed by atoms with Crippen molar-refractivity contribution in [2.45, 2.75) is 91.0 Å². The molecule has 17 rings (SSSR count). The number of rotatable bonds is 13. The molecular formula is C84H90Cl3N19O7. The number of nitrogen functional groups attached to an aromatic ring is 3. The Morgan fingerprint density at radius 1 is 0.425 bits per heavy atom. The van der Waals surface area contributed by atoms with E-state index in [-0.39, 0.29) is 21.8 Å². The number of fused-ring (bicyclic) bond motifs is 5. The van der Waals surface area contributed by atoms with Crippen LogP contribution in [0.2, 0.25) is 15.7 Å². The fourth-order valence-corrected chi connectivity index (χ4v) is 14.2. The molecule has 29 heteroatoms. The number of methoxy groups -OCH3 is 2. The van der Waals surface area contributed by atoms with Crippen LogP contribution in [0, 0.1) is 0 Å². The van der Waals surface area contributed by atoms with Crippen molar-refractivity contribution in [3.8, 4) is 11.5 Å². The van der Waals surface area contributed by atoms with Crippen LogP contribution in [-0.4, -0.2) is 123 Å². The lowest BCUT2D eigenvalue weighted by Gasteiger charge is -2.28. The maximum Gasteiger partial charge on any atom is 0.326 e. The number of anilines is 5. The number of benzene rings is 7. The van der Waals surface area contributed by atoms with Gasteiger partial charge in [0.1, 0.15) is 28.3 Å². The highest BCUT2D eigenvalue weighted by Crippen LogP contribution is 2.29. The molecule has 5 aliphatic rings. The molecule has 5 aliphatic heterocycles. The fourth-order valence-electron chi connectivity index (χ4n) is 13.5. The first-order valence-electron chi connectivity index (χ1n) is 36.8. The number of aldehydes is 1. The third-order valence-corrected chi connectivity index (χ3v) is 19.4. The van der Waals surface area contributed by atoms with E-state index in [9.17, 15) is 24.0 Å². The minimum Gasteiger partial charge on any atom is -0.495 e. The first-order chi connectivity index (χ1) is 54.8. The highest BCUT2D eigenvalue weighted by atomic mass is 35.5. The summed E-state index contributed by atoms with van der Waals surface area (Å²) in [7, 11) is 3.24. The molecule has 0 unspecified atom stereocenters. The van der Waals surface area contributed by atoms with Gasteiger partial charge in [-0.2, -0.15) is 4.98 Å². The Bertz CT molecular complexity index is 5190. The van der Waals surface area contributed by atoms with Gasteiger partial charge in [0.15, 0.2) is 6.29 Å². The summed E-state index contributed by atoms with van der Waals surface area (Å²) in [4.78, 5) is 96.6. The lowest BCUT2D eigenvalue weighted by Crippen LogP contribution is -2.32. The van der Waals surface area contributed by atoms with Crippen LogP contribution in [0.15, 0.2) is 219 Å². The summed E-state index contributed by atoms with van der Waals surface area (Å²) in [6.07, 6.45) is 5.80. The SMILES string of the molecule is COc1ccccc1N.COc1ccccc1Nc1nc(N)cc(CN2CCc3ccccc3C2)n1.Clc1cc(CN2CCc3ccccc3C2)nc(Cl)n1.Nc1cc(CN2CCc3ccccc3C2)nc(Cl)n1.O=Cc1cc(=O)[nH]c(=O)[nH]1.O=c1cc(CN2CCc3ccccc3C2)[nH]c(=O)[nH]1.c1ccc2c(c1)CCNC2. The number of nitrogens with zero attached hydrogens (tertiary/aromatic N) is 10. The number of hydrogen-bond donors (Lipinski definition) is 9. The van der Waals surface area contributed by atoms with Crippen LogP contribution in [0.1, 0.15) is 88.9 Å². The minimum atomic E-state index is -0.672. The van der Waals surface area contributed by atoms with E-state index in [1.54, 1.807) is 32.4 Å². The van der Waals surface area contributed by atoms with Crippen LogP contribution < -0.4 is 59.8 Å². The van der Waals surface area contributed by atoms with Crippen molar-refractivity contribution >= 4 is 70.0 Å². The molecule has 0 radical (unpaired) electrons. The minimum absolute atomic E-state index is 0.0197. The molecule has 113 heavy (non-hydrogen) atoms. The van der Waals surface area contributed by atoms with Crippen molar-refractivity contribution in [3.63, 3.8) is 0 Å². The molecule has 0 spiro atoms. The number of ether oxygens (including phenoxy) is 2. The smallest absolute Gasteiger partial charge is 0.326 e. The van der Waals surface area contributed by atoms with E-state index in [1.165, 1.54) is 68.1 Å². The van der Waals surface area contributed by atoms with Gasteiger partial charge in [0, 0.05) is 115 Å². The van der Waals surface area contributed by atoms with Crippen molar-refractivity contribution in [3.05, 3.63) is 342 Å². The molecule has 5 aromatic heterocycles. The standard InChI is InChI=1S/C21H23N5O.C14H13Cl2N3.C14H15ClN4.C14H15N3O2.C9H11N.C7H9NO.C5H4N2O3/c1-27-19-9-5-4-8-18(19)24-21-23-17(12-20(22)25-21)14-26-11-10-15-6-2-3-7-16(15)13-26;15-13-7-12(17-14(16)18-13)9-19-6-5-10-3-1-2-4-11(10)8-19;15-14-17-12(7-13(16)18-14)9-19-6-5-10-3-1-2-4-11(10)8-19;18-13-7-12(15-14(19)16-13)9-17-6-5-10-3-1-2-4-11(10)8-17;1-2-4-9-7-10-6-5-8(9)3-1;1-9-7-5-3-2-4-6(7)8;8-2-3-1-4(9)7-5(10)6-3/h2-9,12H,10-11,13-14H2,1H3,(H3,22,23,24,25);1-4,7H,5-6,8-9H2;1-4,7H,5-6,8-9H2,(H2,16,17,18);1-4,7H,5-6,8-9H2,(H2,15,16,18,19);1-4,10H,5-7H2;2-5H,8H2,1H3;1-2H,(H2,6,7,9,10). The molecule has 0 saturated carbocycles. The summed E-state index contributed by atoms with van der Waals surface area (Å²) >= 11 is 17.5. The maximum atomic E-state index is 11.3. The van der Waals surface area contributed by atoms with Crippen LogP contribution in [0.5, 0.6) is 11.5 Å². The first kappa shape index (κ1) is 82.2. The summed E-state index contributed by atoms with van der Waals surface area (Å²) in [6, 6.07) is 65.7. The summed E-state index contributed by atoms with van der Waals surface area (Å²) in [6.45, 7) is 12.7. The summed E-state index contributed by atoms with van der Waals surface area (Å²) in [5.41, 5.74) is 34.1. The number of hydrogen-bond acceptors (Lipinski definition) is 22. The Morgan fingerprint density at radius 2 is 0.832 bits per heavy atom. The topological polar surface area (TPSA) is 359 Å². The number of carbonyl (C=O) groups is 1. The van der Waals surface area contributed by atoms with E-state index >= 15 is 0 Å². The Balaban J connectivity index is 0.000000134. The maximum absolute atomic E-state index is 11.3. The number of para-hydroxylation sites is 4. The van der Waals surface area contributed by atoms with Crippen LogP contribution in [0.3, 0.4) is 0 Å². The lowest BCUT2D eigenvalue weighted by molar-refractivity contribution is 0.111. The van der Waals surface area contributed by atoms with Gasteiger partial charge >= 0.3 is 11.4 Å². The molecule has 7 aromatic carbocycles. The zero-order valence-corrected chi connectivity index (χ0v) is 65.0. The Hall–Kier alpha value is -11.7. The Labute approximate surface area is 668 Å². The van der Waals surface area contributed by atoms with Gasteiger partial charge in [-0.1, -0.05) is 157 Å². The molecule has 12 N–H and O–H groups in total. The second-order valence-electron chi connectivity index (χ2n) is 27.1. The van der Waals surface area contributed by atoms with E-state index in [2.05, 4.69) is 190 Å². The van der Waals surface area contributed by atoms with Crippen molar-refractivity contribution in [2.24, 2.45) is 0 Å². The van der Waals surface area contributed by atoms with Gasteiger partial charge in [-0.25, -0.2) is 34.5 Å². The van der Waals surface area contributed by atoms with Gasteiger partial charge < -0.3 is 47.3 Å². The highest BCUT2D eigenvalue weighted by molar-refractivity contribution is 6.31. The van der Waals surface area contributed by atoms with E-state index in [4.69, 9.17) is 61.5 Å². The second-order valence-corrected chi connectivity index (χ2v) is 28.1. The monoisotopic (exact) mass is 1580 g/mol. The molecule has 0 fully saturated rings. The van der Waals surface area contributed by atoms with E-state index in [1.807, 2.05) is 59.6 Å². The summed E-state index contributed by atoms with van der Waals surface area (Å²) in [5, 5.41) is 7.37. The zero-order chi connectivity index (χ0) is 79.4. The van der Waals surface area contributed by atoms with Gasteiger partial charge in [-0.15, -0.1) is 0 Å². The molecule has 0 aliphatic carbocycles. The Morgan fingerprint density at radius 3 is 1.28 bits per heavy atom. The highest BCUT2D eigenvalue weighted by Gasteiger charge is 2.22.